The van der Waals surface area contributed by atoms with Crippen molar-refractivity contribution in [3.63, 3.8) is 0 Å². The van der Waals surface area contributed by atoms with Gasteiger partial charge >= 0.3 is 5.97 Å². The molecule has 1 aliphatic heterocycles. The fraction of sp³-hybridized carbons (Fsp3) is 0.429. The number of carboxylic acids is 1. The second-order valence-corrected chi connectivity index (χ2v) is 4.75. The number of ether oxygens (including phenoxy) is 1. The van der Waals surface area contributed by atoms with Crippen molar-refractivity contribution in [2.24, 2.45) is 5.73 Å². The smallest absolute Gasteiger partial charge is 0.303 e. The number of hydrogen-bond acceptors (Lipinski definition) is 4. The molecule has 1 aromatic carbocycles. The molecule has 0 aromatic heterocycles. The Morgan fingerprint density at radius 3 is 2.90 bits per heavy atom. The molecule has 0 saturated heterocycles. The van der Waals surface area contributed by atoms with Crippen LogP contribution in [0.1, 0.15) is 18.4 Å². The third-order valence-electron chi connectivity index (χ3n) is 3.25. The summed E-state index contributed by atoms with van der Waals surface area (Å²) in [5, 5.41) is 8.63. The van der Waals surface area contributed by atoms with Gasteiger partial charge in [0.1, 0.15) is 12.4 Å². The van der Waals surface area contributed by atoms with Crippen LogP contribution in [0.2, 0.25) is 0 Å². The van der Waals surface area contributed by atoms with Crippen molar-refractivity contribution >= 4 is 11.9 Å². The number of amides is 1. The van der Waals surface area contributed by atoms with Crippen LogP contribution < -0.4 is 10.5 Å². The molecule has 1 atom stereocenters. The lowest BCUT2D eigenvalue weighted by molar-refractivity contribution is -0.137. The molecule has 20 heavy (non-hydrogen) atoms. The average Bonchev–Trinajstić information content (AvgIpc) is 2.65. The first kappa shape index (κ1) is 14.3. The molecule has 1 heterocycles. The molecule has 1 unspecified atom stereocenters. The van der Waals surface area contributed by atoms with E-state index in [1.54, 1.807) is 4.90 Å². The molecule has 1 aliphatic rings. The number of hydrogen-bond donors (Lipinski definition) is 2. The Morgan fingerprint density at radius 2 is 2.15 bits per heavy atom. The quantitative estimate of drug-likeness (QED) is 0.841. The zero-order valence-electron chi connectivity index (χ0n) is 11.1. The third kappa shape index (κ3) is 3.48. The van der Waals surface area contributed by atoms with Crippen LogP contribution >= 0.6 is 0 Å². The SMILES string of the molecule is NC(CCC(=O)O)C(=O)N1CCOc2ccccc2C1. The molecule has 0 bridgehead atoms. The molecule has 1 amide bonds. The van der Waals surface area contributed by atoms with E-state index in [-0.39, 0.29) is 18.7 Å². The van der Waals surface area contributed by atoms with Gasteiger partial charge in [0, 0.05) is 18.5 Å². The molecule has 2 rings (SSSR count). The fourth-order valence-electron chi connectivity index (χ4n) is 2.15. The van der Waals surface area contributed by atoms with Gasteiger partial charge < -0.3 is 20.5 Å². The summed E-state index contributed by atoms with van der Waals surface area (Å²) in [5.74, 6) is -0.397. The van der Waals surface area contributed by atoms with E-state index in [0.717, 1.165) is 11.3 Å². The van der Waals surface area contributed by atoms with E-state index in [4.69, 9.17) is 15.6 Å². The Bertz CT molecular complexity index is 504. The highest BCUT2D eigenvalue weighted by molar-refractivity contribution is 5.82. The number of rotatable bonds is 4. The van der Waals surface area contributed by atoms with Gasteiger partial charge in [-0.2, -0.15) is 0 Å². The maximum absolute atomic E-state index is 12.2. The number of carbonyl (C=O) groups is 2. The molecule has 1 aromatic rings. The number of nitrogens with zero attached hydrogens (tertiary/aromatic N) is 1. The molecule has 6 nitrogen and oxygen atoms in total. The van der Waals surface area contributed by atoms with Gasteiger partial charge in [-0.05, 0) is 12.5 Å². The monoisotopic (exact) mass is 278 g/mol. The first-order valence-electron chi connectivity index (χ1n) is 6.55. The van der Waals surface area contributed by atoms with Gasteiger partial charge in [0.2, 0.25) is 5.91 Å². The van der Waals surface area contributed by atoms with E-state index in [2.05, 4.69) is 0 Å². The highest BCUT2D eigenvalue weighted by atomic mass is 16.5. The van der Waals surface area contributed by atoms with Gasteiger partial charge in [-0.15, -0.1) is 0 Å². The van der Waals surface area contributed by atoms with Crippen LogP contribution in [0.4, 0.5) is 0 Å². The predicted octanol–water partition coefficient (Wildman–Crippen LogP) is 0.600. The van der Waals surface area contributed by atoms with Gasteiger partial charge in [0.15, 0.2) is 0 Å². The average molecular weight is 278 g/mol. The summed E-state index contributed by atoms with van der Waals surface area (Å²) in [7, 11) is 0. The van der Waals surface area contributed by atoms with Crippen molar-refractivity contribution in [2.45, 2.75) is 25.4 Å². The number of carbonyl (C=O) groups excluding carboxylic acids is 1. The van der Waals surface area contributed by atoms with E-state index in [1.807, 2.05) is 24.3 Å². The molecular weight excluding hydrogens is 260 g/mol. The van der Waals surface area contributed by atoms with E-state index in [1.165, 1.54) is 0 Å². The standard InChI is InChI=1S/C14H18N2O4/c15-11(5-6-13(17)18)14(19)16-7-8-20-12-4-2-1-3-10(12)9-16/h1-4,11H,5-9,15H2,(H,17,18). The zero-order chi connectivity index (χ0) is 14.5. The lowest BCUT2D eigenvalue weighted by Gasteiger charge is -2.23. The Labute approximate surface area is 117 Å². The lowest BCUT2D eigenvalue weighted by Crippen LogP contribution is -2.44. The van der Waals surface area contributed by atoms with E-state index >= 15 is 0 Å². The van der Waals surface area contributed by atoms with Crippen LogP contribution in [0.15, 0.2) is 24.3 Å². The highest BCUT2D eigenvalue weighted by Gasteiger charge is 2.24. The Morgan fingerprint density at radius 1 is 1.40 bits per heavy atom. The van der Waals surface area contributed by atoms with Crippen LogP contribution in [-0.2, 0) is 16.1 Å². The first-order chi connectivity index (χ1) is 9.58. The molecule has 108 valence electrons. The highest BCUT2D eigenvalue weighted by Crippen LogP contribution is 2.22. The number of aliphatic carboxylic acids is 1. The lowest BCUT2D eigenvalue weighted by atomic mass is 10.1. The normalized spacial score (nSPS) is 15.8. The summed E-state index contributed by atoms with van der Waals surface area (Å²) in [5.41, 5.74) is 6.71. The number of nitrogens with two attached hydrogens (primary N) is 1. The van der Waals surface area contributed by atoms with Crippen molar-refractivity contribution in [2.75, 3.05) is 13.2 Å². The summed E-state index contributed by atoms with van der Waals surface area (Å²) < 4.78 is 5.58. The summed E-state index contributed by atoms with van der Waals surface area (Å²) in [4.78, 5) is 24.4. The summed E-state index contributed by atoms with van der Waals surface area (Å²) >= 11 is 0. The minimum Gasteiger partial charge on any atom is -0.491 e. The van der Waals surface area contributed by atoms with Gasteiger partial charge in [-0.3, -0.25) is 9.59 Å². The molecule has 0 aliphatic carbocycles. The van der Waals surface area contributed by atoms with Crippen molar-refractivity contribution in [1.29, 1.82) is 0 Å². The van der Waals surface area contributed by atoms with Crippen molar-refractivity contribution < 1.29 is 19.4 Å². The Hall–Kier alpha value is -2.08. The second-order valence-electron chi connectivity index (χ2n) is 4.75. The van der Waals surface area contributed by atoms with Crippen LogP contribution in [-0.4, -0.2) is 41.1 Å². The number of fused-ring (bicyclic) bond motifs is 1. The van der Waals surface area contributed by atoms with Gasteiger partial charge in [0.25, 0.3) is 0 Å². The van der Waals surface area contributed by atoms with E-state index in [0.29, 0.717) is 19.7 Å². The molecule has 0 saturated carbocycles. The predicted molar refractivity (Wildman–Crippen MR) is 72.2 cm³/mol. The Balaban J connectivity index is 2.02. The van der Waals surface area contributed by atoms with Crippen LogP contribution in [0.3, 0.4) is 0 Å². The molecule has 0 spiro atoms. The fourth-order valence-corrected chi connectivity index (χ4v) is 2.15. The Kier molecular flexibility index (Phi) is 4.57. The summed E-state index contributed by atoms with van der Waals surface area (Å²) in [6.07, 6.45) is 0.0427. The van der Waals surface area contributed by atoms with Gasteiger partial charge in [0.05, 0.1) is 12.6 Å². The van der Waals surface area contributed by atoms with Crippen molar-refractivity contribution in [3.8, 4) is 5.75 Å². The van der Waals surface area contributed by atoms with Crippen molar-refractivity contribution in [1.82, 2.24) is 4.90 Å². The van der Waals surface area contributed by atoms with Crippen molar-refractivity contribution in [3.05, 3.63) is 29.8 Å². The van der Waals surface area contributed by atoms with Gasteiger partial charge in [-0.1, -0.05) is 18.2 Å². The minimum atomic E-state index is -0.946. The van der Waals surface area contributed by atoms with Crippen LogP contribution in [0.25, 0.3) is 0 Å². The van der Waals surface area contributed by atoms with E-state index in [9.17, 15) is 9.59 Å². The molecule has 3 N–H and O–H groups in total. The number of carboxylic acid groups (broad SMARTS) is 1. The summed E-state index contributed by atoms with van der Waals surface area (Å²) in [6.45, 7) is 1.30. The second kappa shape index (κ2) is 6.38. The van der Waals surface area contributed by atoms with E-state index < -0.39 is 12.0 Å². The molecular formula is C14H18N2O4. The van der Waals surface area contributed by atoms with Gasteiger partial charge in [-0.25, -0.2) is 0 Å². The van der Waals surface area contributed by atoms with Crippen LogP contribution in [0, 0.1) is 0 Å². The molecule has 0 fully saturated rings. The first-order valence-corrected chi connectivity index (χ1v) is 6.55. The number of para-hydroxylation sites is 1. The maximum Gasteiger partial charge on any atom is 0.303 e. The minimum absolute atomic E-state index is 0.103. The third-order valence-corrected chi connectivity index (χ3v) is 3.25. The molecule has 6 heteroatoms. The number of benzene rings is 1. The topological polar surface area (TPSA) is 92.9 Å². The maximum atomic E-state index is 12.2. The van der Waals surface area contributed by atoms with Crippen LogP contribution in [0.5, 0.6) is 5.75 Å². The zero-order valence-corrected chi connectivity index (χ0v) is 11.1. The molecule has 0 radical (unpaired) electrons. The summed E-state index contributed by atoms with van der Waals surface area (Å²) in [6, 6.07) is 6.77. The largest absolute Gasteiger partial charge is 0.491 e.